The van der Waals surface area contributed by atoms with Gasteiger partial charge in [0.05, 0.1) is 19.1 Å². The van der Waals surface area contributed by atoms with Gasteiger partial charge in [0, 0.05) is 19.0 Å². The molecule has 230 valence electrons. The lowest BCUT2D eigenvalue weighted by Gasteiger charge is -2.35. The van der Waals surface area contributed by atoms with E-state index in [1.165, 1.54) is 4.90 Å². The fourth-order valence-electron chi connectivity index (χ4n) is 5.65. The van der Waals surface area contributed by atoms with Crippen molar-refractivity contribution in [3.8, 4) is 5.75 Å². The minimum absolute atomic E-state index is 0.0516. The predicted octanol–water partition coefficient (Wildman–Crippen LogP) is 5.17. The van der Waals surface area contributed by atoms with Crippen molar-refractivity contribution in [2.24, 2.45) is 0 Å². The molecule has 0 heterocycles. The van der Waals surface area contributed by atoms with Crippen molar-refractivity contribution >= 4 is 27.5 Å². The summed E-state index contributed by atoms with van der Waals surface area (Å²) in [6, 6.07) is 21.7. The second-order valence-corrected chi connectivity index (χ2v) is 13.4. The van der Waals surface area contributed by atoms with E-state index in [0.717, 1.165) is 64.9 Å². The second kappa shape index (κ2) is 14.6. The number of hydrogen-bond acceptors (Lipinski definition) is 5. The third-order valence-electron chi connectivity index (χ3n) is 8.02. The molecule has 1 N–H and O–H groups in total. The monoisotopic (exact) mass is 605 g/mol. The SMILES string of the molecule is COc1cccc(CN(C(=O)CN(c2cc(C)ccc2C)S(C)(=O)=O)C(Cc2ccccc2)C(=O)NC2CCCCC2)c1. The van der Waals surface area contributed by atoms with E-state index in [-0.39, 0.29) is 24.9 Å². The van der Waals surface area contributed by atoms with Crippen LogP contribution in [0.2, 0.25) is 0 Å². The Balaban J connectivity index is 1.75. The summed E-state index contributed by atoms with van der Waals surface area (Å²) in [5.41, 5.74) is 3.74. The zero-order valence-electron chi connectivity index (χ0n) is 25.6. The van der Waals surface area contributed by atoms with Crippen LogP contribution in [0.1, 0.15) is 54.4 Å². The largest absolute Gasteiger partial charge is 0.497 e. The normalized spacial score (nSPS) is 14.5. The lowest BCUT2D eigenvalue weighted by Crippen LogP contribution is -2.55. The first kappa shape index (κ1) is 32.1. The first-order valence-corrected chi connectivity index (χ1v) is 16.7. The summed E-state index contributed by atoms with van der Waals surface area (Å²) in [5.74, 6) is -0.0668. The van der Waals surface area contributed by atoms with Crippen molar-refractivity contribution in [2.45, 2.75) is 71.0 Å². The molecule has 3 aromatic rings. The van der Waals surface area contributed by atoms with Crippen LogP contribution in [0.25, 0.3) is 0 Å². The van der Waals surface area contributed by atoms with E-state index in [4.69, 9.17) is 4.74 Å². The van der Waals surface area contributed by atoms with Crippen LogP contribution in [-0.4, -0.2) is 57.1 Å². The van der Waals surface area contributed by atoms with Crippen LogP contribution in [-0.2, 0) is 32.6 Å². The molecule has 0 bridgehead atoms. The Morgan fingerprint density at radius 1 is 0.930 bits per heavy atom. The molecule has 8 nitrogen and oxygen atoms in total. The van der Waals surface area contributed by atoms with Gasteiger partial charge in [0.2, 0.25) is 21.8 Å². The number of ether oxygens (including phenoxy) is 1. The topological polar surface area (TPSA) is 96.0 Å². The molecule has 1 aliphatic rings. The summed E-state index contributed by atoms with van der Waals surface area (Å²) < 4.78 is 32.8. The molecule has 1 fully saturated rings. The van der Waals surface area contributed by atoms with Crippen LogP contribution in [0, 0.1) is 13.8 Å². The molecule has 1 saturated carbocycles. The Bertz CT molecular complexity index is 1500. The zero-order valence-corrected chi connectivity index (χ0v) is 26.4. The average molecular weight is 606 g/mol. The molecule has 0 saturated heterocycles. The van der Waals surface area contributed by atoms with Gasteiger partial charge in [-0.05, 0) is 67.1 Å². The maximum atomic E-state index is 14.4. The highest BCUT2D eigenvalue weighted by Gasteiger charge is 2.34. The summed E-state index contributed by atoms with van der Waals surface area (Å²) in [6.45, 7) is 3.37. The average Bonchev–Trinajstić information content (AvgIpc) is 2.99. The molecular formula is C34H43N3O5S. The van der Waals surface area contributed by atoms with E-state index < -0.39 is 28.5 Å². The number of aryl methyl sites for hydroxylation is 2. The fourth-order valence-corrected chi connectivity index (χ4v) is 6.55. The Kier molecular flexibility index (Phi) is 10.9. The van der Waals surface area contributed by atoms with Gasteiger partial charge in [-0.25, -0.2) is 8.42 Å². The molecule has 0 aromatic heterocycles. The van der Waals surface area contributed by atoms with Crippen molar-refractivity contribution < 1.29 is 22.7 Å². The summed E-state index contributed by atoms with van der Waals surface area (Å²) in [5, 5.41) is 3.23. The lowest BCUT2D eigenvalue weighted by atomic mass is 9.94. The zero-order chi connectivity index (χ0) is 31.0. The number of sulfonamides is 1. The maximum Gasteiger partial charge on any atom is 0.244 e. The van der Waals surface area contributed by atoms with Crippen LogP contribution >= 0.6 is 0 Å². The van der Waals surface area contributed by atoms with Crippen molar-refractivity contribution in [3.05, 3.63) is 95.1 Å². The quantitative estimate of drug-likeness (QED) is 0.308. The van der Waals surface area contributed by atoms with Crippen molar-refractivity contribution in [2.75, 3.05) is 24.2 Å². The smallest absolute Gasteiger partial charge is 0.244 e. The van der Waals surface area contributed by atoms with Gasteiger partial charge in [-0.1, -0.05) is 73.9 Å². The number of rotatable bonds is 12. The Hall–Kier alpha value is -3.85. The maximum absolute atomic E-state index is 14.4. The summed E-state index contributed by atoms with van der Waals surface area (Å²) in [7, 11) is -2.26. The molecule has 3 aromatic carbocycles. The highest BCUT2D eigenvalue weighted by Crippen LogP contribution is 2.26. The highest BCUT2D eigenvalue weighted by molar-refractivity contribution is 7.92. The number of methoxy groups -OCH3 is 1. The van der Waals surface area contributed by atoms with Crippen molar-refractivity contribution in [1.82, 2.24) is 10.2 Å². The van der Waals surface area contributed by atoms with Crippen LogP contribution in [0.5, 0.6) is 5.75 Å². The van der Waals surface area contributed by atoms with Crippen molar-refractivity contribution in [1.29, 1.82) is 0 Å². The van der Waals surface area contributed by atoms with Gasteiger partial charge in [-0.2, -0.15) is 0 Å². The number of carbonyl (C=O) groups is 2. The van der Waals surface area contributed by atoms with E-state index in [1.807, 2.05) is 80.6 Å². The summed E-state index contributed by atoms with van der Waals surface area (Å²) in [4.78, 5) is 30.0. The van der Waals surface area contributed by atoms with Gasteiger partial charge in [0.15, 0.2) is 0 Å². The van der Waals surface area contributed by atoms with E-state index in [2.05, 4.69) is 5.32 Å². The number of hydrogen-bond donors (Lipinski definition) is 1. The van der Waals surface area contributed by atoms with Crippen LogP contribution < -0.4 is 14.4 Å². The molecule has 1 atom stereocenters. The van der Waals surface area contributed by atoms with E-state index in [0.29, 0.717) is 11.4 Å². The Morgan fingerprint density at radius 2 is 1.63 bits per heavy atom. The van der Waals surface area contributed by atoms with Gasteiger partial charge in [-0.15, -0.1) is 0 Å². The van der Waals surface area contributed by atoms with Crippen LogP contribution in [0.3, 0.4) is 0 Å². The van der Waals surface area contributed by atoms with Gasteiger partial charge in [0.1, 0.15) is 18.3 Å². The van der Waals surface area contributed by atoms with Crippen LogP contribution in [0.15, 0.2) is 72.8 Å². The molecule has 0 radical (unpaired) electrons. The van der Waals surface area contributed by atoms with E-state index in [9.17, 15) is 18.0 Å². The molecule has 0 spiro atoms. The van der Waals surface area contributed by atoms with Crippen molar-refractivity contribution in [3.63, 3.8) is 0 Å². The minimum atomic E-state index is -3.83. The Morgan fingerprint density at radius 3 is 2.30 bits per heavy atom. The molecule has 2 amide bonds. The predicted molar refractivity (Wildman–Crippen MR) is 171 cm³/mol. The summed E-state index contributed by atoms with van der Waals surface area (Å²) >= 11 is 0. The molecule has 1 unspecified atom stereocenters. The number of anilines is 1. The number of carbonyl (C=O) groups excluding carboxylic acids is 2. The first-order valence-electron chi connectivity index (χ1n) is 14.9. The molecule has 4 rings (SSSR count). The number of amides is 2. The first-order chi connectivity index (χ1) is 20.5. The second-order valence-electron chi connectivity index (χ2n) is 11.5. The highest BCUT2D eigenvalue weighted by atomic mass is 32.2. The standard InChI is InChI=1S/C34H43N3O5S/c1-25-18-19-26(2)31(20-25)37(43(4,40)41)24-33(38)36(23-28-14-11-17-30(21-28)42-3)32(22-27-12-7-5-8-13-27)34(39)35-29-15-9-6-10-16-29/h5,7-8,11-14,17-21,29,32H,6,9-10,15-16,22-24H2,1-4H3,(H,35,39). The summed E-state index contributed by atoms with van der Waals surface area (Å²) in [6.07, 6.45) is 6.47. The Labute approximate surface area is 256 Å². The van der Waals surface area contributed by atoms with Gasteiger partial charge < -0.3 is 15.0 Å². The van der Waals surface area contributed by atoms with E-state index >= 15 is 0 Å². The number of nitrogens with one attached hydrogen (secondary N) is 1. The fraction of sp³-hybridized carbons (Fsp3) is 0.412. The third kappa shape index (κ3) is 8.83. The van der Waals surface area contributed by atoms with Gasteiger partial charge in [-0.3, -0.25) is 13.9 Å². The minimum Gasteiger partial charge on any atom is -0.497 e. The molecule has 1 aliphatic carbocycles. The van der Waals surface area contributed by atoms with Gasteiger partial charge in [0.25, 0.3) is 0 Å². The van der Waals surface area contributed by atoms with E-state index in [1.54, 1.807) is 13.2 Å². The number of benzene rings is 3. The molecular weight excluding hydrogens is 562 g/mol. The molecule has 9 heteroatoms. The van der Waals surface area contributed by atoms with Gasteiger partial charge >= 0.3 is 0 Å². The number of nitrogens with zero attached hydrogens (tertiary/aromatic N) is 2. The van der Waals surface area contributed by atoms with Crippen LogP contribution in [0.4, 0.5) is 5.69 Å². The molecule has 43 heavy (non-hydrogen) atoms. The molecule has 0 aliphatic heterocycles. The lowest BCUT2D eigenvalue weighted by molar-refractivity contribution is -0.140. The third-order valence-corrected chi connectivity index (χ3v) is 9.15.